The summed E-state index contributed by atoms with van der Waals surface area (Å²) in [7, 11) is 0. The molecule has 0 atom stereocenters. The number of alkyl halides is 1. The van der Waals surface area contributed by atoms with Crippen LogP contribution in [0.3, 0.4) is 0 Å². The van der Waals surface area contributed by atoms with Crippen molar-refractivity contribution in [2.75, 3.05) is 144 Å². The van der Waals surface area contributed by atoms with Gasteiger partial charge in [0.25, 0.3) is 0 Å². The largest absolute Gasteiger partial charge is 0.460 e. The van der Waals surface area contributed by atoms with Crippen LogP contribution < -0.4 is 0 Å². The zero-order valence-corrected chi connectivity index (χ0v) is 25.1. The van der Waals surface area contributed by atoms with Gasteiger partial charge in [0.2, 0.25) is 0 Å². The molecule has 0 saturated heterocycles. The smallest absolute Gasteiger partial charge is 0.333 e. The second-order valence-corrected chi connectivity index (χ2v) is 8.52. The summed E-state index contributed by atoms with van der Waals surface area (Å²) in [6.45, 7) is 15.5. The predicted octanol–water partition coefficient (Wildman–Crippen LogP) is 1.67. The van der Waals surface area contributed by atoms with E-state index in [0.29, 0.717) is 138 Å². The minimum absolute atomic E-state index is 0.202. The maximum absolute atomic E-state index is 11.2. The monoisotopic (exact) mass is 632 g/mol. The molecule has 12 nitrogen and oxygen atoms in total. The zero-order chi connectivity index (χ0) is 28.5. The van der Waals surface area contributed by atoms with Crippen LogP contribution in [0, 0.1) is 0 Å². The Labute approximate surface area is 241 Å². The summed E-state index contributed by atoms with van der Waals surface area (Å²) in [5.41, 5.74) is 0.371. The first-order valence-corrected chi connectivity index (χ1v) is 14.5. The van der Waals surface area contributed by atoms with Gasteiger partial charge in [-0.15, -0.1) is 0 Å². The van der Waals surface area contributed by atoms with Gasteiger partial charge in [-0.25, -0.2) is 4.79 Å². The Morgan fingerprint density at radius 2 is 0.641 bits per heavy atom. The molecule has 232 valence electrons. The molecule has 0 aliphatic rings. The summed E-state index contributed by atoms with van der Waals surface area (Å²) < 4.78 is 58.9. The highest BCUT2D eigenvalue weighted by Crippen LogP contribution is 1.92. The molecule has 0 bridgehead atoms. The topological polar surface area (TPSA) is 119 Å². The Kier molecular flexibility index (Phi) is 32.9. The lowest BCUT2D eigenvalue weighted by Crippen LogP contribution is -2.15. The van der Waals surface area contributed by atoms with Crippen LogP contribution >= 0.6 is 15.9 Å². The highest BCUT2D eigenvalue weighted by molar-refractivity contribution is 9.09. The first kappa shape index (κ1) is 38.3. The molecular weight excluding hydrogens is 584 g/mol. The van der Waals surface area contributed by atoms with E-state index in [4.69, 9.17) is 52.1 Å². The fourth-order valence-corrected chi connectivity index (χ4v) is 2.68. The average molecular weight is 634 g/mol. The van der Waals surface area contributed by atoms with E-state index in [1.807, 2.05) is 0 Å². The van der Waals surface area contributed by atoms with E-state index in [1.54, 1.807) is 6.92 Å². The van der Waals surface area contributed by atoms with E-state index in [1.165, 1.54) is 0 Å². The molecule has 0 aliphatic heterocycles. The van der Waals surface area contributed by atoms with Gasteiger partial charge in [0.15, 0.2) is 0 Å². The van der Waals surface area contributed by atoms with Gasteiger partial charge in [-0.2, -0.15) is 0 Å². The van der Waals surface area contributed by atoms with Crippen molar-refractivity contribution in [3.8, 4) is 0 Å². The van der Waals surface area contributed by atoms with Crippen molar-refractivity contribution < 1.29 is 56.9 Å². The average Bonchev–Trinajstić information content (AvgIpc) is 2.93. The van der Waals surface area contributed by atoms with Gasteiger partial charge in [-0.3, -0.25) is 0 Å². The highest BCUT2D eigenvalue weighted by atomic mass is 79.9. The van der Waals surface area contributed by atoms with Crippen molar-refractivity contribution in [3.05, 3.63) is 12.2 Å². The third kappa shape index (κ3) is 33.4. The Hall–Kier alpha value is -0.710. The Balaban J connectivity index is 3.06. The molecule has 0 aromatic carbocycles. The maximum Gasteiger partial charge on any atom is 0.333 e. The van der Waals surface area contributed by atoms with Gasteiger partial charge in [-0.05, 0) is 6.92 Å². The SMILES string of the molecule is C=C(C)C(=O)OCCOCCOCCOCCOCCOCCOCCOCCOCCOCCOCCBr. The maximum atomic E-state index is 11.2. The van der Waals surface area contributed by atoms with Crippen molar-refractivity contribution in [2.45, 2.75) is 6.92 Å². The summed E-state index contributed by atoms with van der Waals surface area (Å²) in [5, 5.41) is 0.835. The Morgan fingerprint density at radius 1 is 0.436 bits per heavy atom. The number of ether oxygens (including phenoxy) is 11. The summed E-state index contributed by atoms with van der Waals surface area (Å²) in [6.07, 6.45) is 0. The molecule has 0 aliphatic carbocycles. The molecule has 0 N–H and O–H groups in total. The number of esters is 1. The van der Waals surface area contributed by atoms with Gasteiger partial charge < -0.3 is 52.1 Å². The van der Waals surface area contributed by atoms with Crippen molar-refractivity contribution >= 4 is 21.9 Å². The van der Waals surface area contributed by atoms with Gasteiger partial charge in [0, 0.05) is 10.9 Å². The van der Waals surface area contributed by atoms with Gasteiger partial charge in [-0.1, -0.05) is 22.5 Å². The summed E-state index contributed by atoms with van der Waals surface area (Å²) in [4.78, 5) is 11.2. The molecule has 0 unspecified atom stereocenters. The molecule has 39 heavy (non-hydrogen) atoms. The zero-order valence-electron chi connectivity index (χ0n) is 23.5. The second kappa shape index (κ2) is 33.5. The fraction of sp³-hybridized carbons (Fsp3) is 0.885. The van der Waals surface area contributed by atoms with E-state index in [9.17, 15) is 4.79 Å². The molecule has 0 amide bonds. The van der Waals surface area contributed by atoms with Gasteiger partial charge in [0.1, 0.15) is 6.61 Å². The predicted molar refractivity (Wildman–Crippen MR) is 148 cm³/mol. The van der Waals surface area contributed by atoms with Crippen LogP contribution in [0.1, 0.15) is 6.92 Å². The van der Waals surface area contributed by atoms with Crippen LogP contribution in [0.4, 0.5) is 0 Å². The summed E-state index contributed by atoms with van der Waals surface area (Å²) >= 11 is 3.29. The molecule has 0 fully saturated rings. The van der Waals surface area contributed by atoms with Crippen molar-refractivity contribution in [1.82, 2.24) is 0 Å². The number of hydrogen-bond acceptors (Lipinski definition) is 12. The summed E-state index contributed by atoms with van der Waals surface area (Å²) in [6, 6.07) is 0. The van der Waals surface area contributed by atoms with Crippen LogP contribution in [0.5, 0.6) is 0 Å². The van der Waals surface area contributed by atoms with Crippen molar-refractivity contribution in [1.29, 1.82) is 0 Å². The minimum atomic E-state index is -0.411. The molecule has 0 saturated carbocycles. The van der Waals surface area contributed by atoms with Gasteiger partial charge >= 0.3 is 5.97 Å². The van der Waals surface area contributed by atoms with Crippen molar-refractivity contribution in [2.24, 2.45) is 0 Å². The molecule has 0 aromatic heterocycles. The van der Waals surface area contributed by atoms with E-state index < -0.39 is 5.97 Å². The van der Waals surface area contributed by atoms with Crippen LogP contribution in [-0.4, -0.2) is 150 Å². The molecule has 0 radical (unpaired) electrons. The van der Waals surface area contributed by atoms with Gasteiger partial charge in [0.05, 0.1) is 132 Å². The first-order chi connectivity index (χ1) is 19.2. The number of rotatable bonds is 33. The number of halogens is 1. The van der Waals surface area contributed by atoms with Crippen LogP contribution in [0.15, 0.2) is 12.2 Å². The van der Waals surface area contributed by atoms with Crippen LogP contribution in [0.2, 0.25) is 0 Å². The highest BCUT2D eigenvalue weighted by Gasteiger charge is 2.02. The standard InChI is InChI=1S/C26H49BrO12/c1-25(2)26(28)39-24-23-38-22-21-37-20-19-36-18-17-35-16-15-34-14-13-33-12-11-32-10-9-31-8-7-30-6-5-29-4-3-27/h1,3-24H2,2H3. The third-order valence-electron chi connectivity index (χ3n) is 4.38. The lowest BCUT2D eigenvalue weighted by atomic mass is 10.4. The molecule has 0 spiro atoms. The minimum Gasteiger partial charge on any atom is -0.460 e. The van der Waals surface area contributed by atoms with E-state index >= 15 is 0 Å². The molecule has 13 heteroatoms. The molecule has 0 aromatic rings. The molecular formula is C26H49BrO12. The third-order valence-corrected chi connectivity index (χ3v) is 4.70. The van der Waals surface area contributed by atoms with Crippen LogP contribution in [0.25, 0.3) is 0 Å². The quantitative estimate of drug-likeness (QED) is 0.0453. The van der Waals surface area contributed by atoms with Crippen molar-refractivity contribution in [3.63, 3.8) is 0 Å². The Bertz CT molecular complexity index is 527. The lowest BCUT2D eigenvalue weighted by Gasteiger charge is -2.09. The van der Waals surface area contributed by atoms with Crippen LogP contribution in [-0.2, 0) is 56.9 Å². The fourth-order valence-electron chi connectivity index (χ4n) is 2.45. The van der Waals surface area contributed by atoms with E-state index in [2.05, 4.69) is 22.5 Å². The lowest BCUT2D eigenvalue weighted by molar-refractivity contribution is -0.140. The van der Waals surface area contributed by atoms with E-state index in [-0.39, 0.29) is 6.61 Å². The molecule has 0 rings (SSSR count). The number of carbonyl (C=O) groups is 1. The summed E-state index contributed by atoms with van der Waals surface area (Å²) in [5.74, 6) is -0.411. The number of hydrogen-bond donors (Lipinski definition) is 0. The molecule has 0 heterocycles. The normalized spacial score (nSPS) is 11.2. The second-order valence-electron chi connectivity index (χ2n) is 7.73. The number of carbonyl (C=O) groups excluding carboxylic acids is 1. The Morgan fingerprint density at radius 3 is 0.846 bits per heavy atom. The first-order valence-electron chi connectivity index (χ1n) is 13.3. The van der Waals surface area contributed by atoms with E-state index in [0.717, 1.165) is 5.33 Å².